The molecule has 0 fully saturated rings. The van der Waals surface area contributed by atoms with Gasteiger partial charge in [0, 0.05) is 24.4 Å². The van der Waals surface area contributed by atoms with Crippen LogP contribution in [-0.4, -0.2) is 33.4 Å². The molecule has 5 nitrogen and oxygen atoms in total. The molecular formula is C13H23N3O2. The Labute approximate surface area is 108 Å². The number of aliphatic hydroxyl groups excluding tert-OH is 1. The quantitative estimate of drug-likeness (QED) is 0.836. The lowest BCUT2D eigenvalue weighted by Crippen LogP contribution is -2.38. The minimum atomic E-state index is -0.132. The van der Waals surface area contributed by atoms with E-state index in [1.54, 1.807) is 6.20 Å². The summed E-state index contributed by atoms with van der Waals surface area (Å²) >= 11 is 0. The molecule has 2 N–H and O–H groups in total. The molecule has 0 saturated carbocycles. The highest BCUT2D eigenvalue weighted by Crippen LogP contribution is 2.13. The molecule has 0 bridgehead atoms. The molecule has 1 aromatic heterocycles. The van der Waals surface area contributed by atoms with Crippen LogP contribution in [0.5, 0.6) is 0 Å². The van der Waals surface area contributed by atoms with Crippen LogP contribution < -0.4 is 5.32 Å². The van der Waals surface area contributed by atoms with Crippen molar-refractivity contribution >= 4 is 5.91 Å². The summed E-state index contributed by atoms with van der Waals surface area (Å²) in [7, 11) is 0. The number of carbonyl (C=O) groups is 1. The van der Waals surface area contributed by atoms with Crippen LogP contribution in [0.3, 0.4) is 0 Å². The third kappa shape index (κ3) is 3.10. The molecule has 0 saturated heterocycles. The van der Waals surface area contributed by atoms with Crippen molar-refractivity contribution in [2.24, 2.45) is 5.92 Å². The molecule has 2 atom stereocenters. The van der Waals surface area contributed by atoms with Crippen LogP contribution in [0.25, 0.3) is 0 Å². The zero-order valence-electron chi connectivity index (χ0n) is 11.8. The molecule has 0 aromatic carbocycles. The number of amides is 1. The van der Waals surface area contributed by atoms with Crippen molar-refractivity contribution in [1.82, 2.24) is 15.1 Å². The molecule has 0 aliphatic carbocycles. The Morgan fingerprint density at radius 2 is 2.06 bits per heavy atom. The SMILES string of the molecule is Cc1c(C(=O)NC(C)C(C)CO)cnn1C(C)C. The Morgan fingerprint density at radius 1 is 1.44 bits per heavy atom. The van der Waals surface area contributed by atoms with E-state index in [1.807, 2.05) is 39.3 Å². The summed E-state index contributed by atoms with van der Waals surface area (Å²) in [6.07, 6.45) is 1.60. The lowest BCUT2D eigenvalue weighted by atomic mass is 10.0. The number of aromatic nitrogens is 2. The average molecular weight is 253 g/mol. The van der Waals surface area contributed by atoms with Crippen LogP contribution >= 0.6 is 0 Å². The van der Waals surface area contributed by atoms with E-state index in [0.29, 0.717) is 5.56 Å². The molecule has 5 heteroatoms. The highest BCUT2D eigenvalue weighted by Gasteiger charge is 2.19. The van der Waals surface area contributed by atoms with Gasteiger partial charge in [-0.25, -0.2) is 0 Å². The molecule has 1 aromatic rings. The summed E-state index contributed by atoms with van der Waals surface area (Å²) in [5, 5.41) is 16.2. The predicted octanol–water partition coefficient (Wildman–Crippen LogP) is 1.52. The van der Waals surface area contributed by atoms with Crippen LogP contribution in [0.4, 0.5) is 0 Å². The average Bonchev–Trinajstić information content (AvgIpc) is 2.69. The summed E-state index contributed by atoms with van der Waals surface area (Å²) < 4.78 is 1.83. The van der Waals surface area contributed by atoms with Gasteiger partial charge in [-0.05, 0) is 33.6 Å². The van der Waals surface area contributed by atoms with E-state index in [0.717, 1.165) is 5.69 Å². The van der Waals surface area contributed by atoms with Gasteiger partial charge in [0.15, 0.2) is 0 Å². The van der Waals surface area contributed by atoms with Crippen molar-refractivity contribution in [3.63, 3.8) is 0 Å². The molecule has 1 rings (SSSR count). The van der Waals surface area contributed by atoms with E-state index in [2.05, 4.69) is 10.4 Å². The third-order valence-electron chi connectivity index (χ3n) is 3.28. The second-order valence-electron chi connectivity index (χ2n) is 5.10. The molecule has 1 amide bonds. The fraction of sp³-hybridized carbons (Fsp3) is 0.692. The molecule has 1 heterocycles. The van der Waals surface area contributed by atoms with Gasteiger partial charge in [-0.15, -0.1) is 0 Å². The zero-order valence-corrected chi connectivity index (χ0v) is 11.8. The van der Waals surface area contributed by atoms with Gasteiger partial charge < -0.3 is 10.4 Å². The zero-order chi connectivity index (χ0) is 13.9. The highest BCUT2D eigenvalue weighted by atomic mass is 16.3. The standard InChI is InChI=1S/C13H23N3O2/c1-8(2)16-11(5)12(6-14-16)13(18)15-10(4)9(3)7-17/h6,8-10,17H,7H2,1-5H3,(H,15,18). The Balaban J connectivity index is 2.79. The van der Waals surface area contributed by atoms with E-state index < -0.39 is 0 Å². The molecular weight excluding hydrogens is 230 g/mol. The Kier molecular flexibility index (Phi) is 4.90. The lowest BCUT2D eigenvalue weighted by molar-refractivity contribution is 0.0915. The Morgan fingerprint density at radius 3 is 2.50 bits per heavy atom. The fourth-order valence-corrected chi connectivity index (χ4v) is 1.75. The first kappa shape index (κ1) is 14.7. The Hall–Kier alpha value is -1.36. The largest absolute Gasteiger partial charge is 0.396 e. The molecule has 102 valence electrons. The summed E-state index contributed by atoms with van der Waals surface area (Å²) in [6.45, 7) is 9.79. The molecule has 0 aliphatic rings. The molecule has 0 spiro atoms. The smallest absolute Gasteiger partial charge is 0.254 e. The summed E-state index contributed by atoms with van der Waals surface area (Å²) in [5.74, 6) is -0.0957. The van der Waals surface area contributed by atoms with Gasteiger partial charge in [-0.2, -0.15) is 5.10 Å². The van der Waals surface area contributed by atoms with Crippen LogP contribution in [-0.2, 0) is 0 Å². The van der Waals surface area contributed by atoms with E-state index in [9.17, 15) is 4.79 Å². The third-order valence-corrected chi connectivity index (χ3v) is 3.28. The highest BCUT2D eigenvalue weighted by molar-refractivity contribution is 5.95. The number of hydrogen-bond donors (Lipinski definition) is 2. The molecule has 0 radical (unpaired) electrons. The maximum absolute atomic E-state index is 12.1. The number of nitrogens with one attached hydrogen (secondary N) is 1. The number of nitrogens with zero attached hydrogens (tertiary/aromatic N) is 2. The van der Waals surface area contributed by atoms with Crippen LogP contribution in [0.15, 0.2) is 6.20 Å². The first-order chi connectivity index (χ1) is 8.38. The number of carbonyl (C=O) groups excluding carboxylic acids is 1. The predicted molar refractivity (Wildman–Crippen MR) is 70.5 cm³/mol. The van der Waals surface area contributed by atoms with Crippen molar-refractivity contribution in [1.29, 1.82) is 0 Å². The van der Waals surface area contributed by atoms with Gasteiger partial charge in [0.1, 0.15) is 0 Å². The van der Waals surface area contributed by atoms with Crippen molar-refractivity contribution in [3.8, 4) is 0 Å². The second-order valence-corrected chi connectivity index (χ2v) is 5.10. The number of hydrogen-bond acceptors (Lipinski definition) is 3. The van der Waals surface area contributed by atoms with Crippen molar-refractivity contribution < 1.29 is 9.90 Å². The summed E-state index contributed by atoms with van der Waals surface area (Å²) in [6, 6.07) is 0.171. The van der Waals surface area contributed by atoms with E-state index in [-0.39, 0.29) is 30.5 Å². The van der Waals surface area contributed by atoms with E-state index in [4.69, 9.17) is 5.11 Å². The topological polar surface area (TPSA) is 67.2 Å². The van der Waals surface area contributed by atoms with E-state index in [1.165, 1.54) is 0 Å². The second kappa shape index (κ2) is 6.00. The number of rotatable bonds is 5. The fourth-order valence-electron chi connectivity index (χ4n) is 1.75. The van der Waals surface area contributed by atoms with Crippen molar-refractivity contribution in [2.45, 2.75) is 46.7 Å². The first-order valence-corrected chi connectivity index (χ1v) is 6.34. The summed E-state index contributed by atoms with van der Waals surface area (Å²) in [4.78, 5) is 12.1. The number of aliphatic hydroxyl groups is 1. The monoisotopic (exact) mass is 253 g/mol. The van der Waals surface area contributed by atoms with Gasteiger partial charge in [0.25, 0.3) is 5.91 Å². The minimum absolute atomic E-state index is 0.0365. The first-order valence-electron chi connectivity index (χ1n) is 6.34. The van der Waals surface area contributed by atoms with Crippen LogP contribution in [0.2, 0.25) is 0 Å². The van der Waals surface area contributed by atoms with Gasteiger partial charge in [0.05, 0.1) is 11.8 Å². The summed E-state index contributed by atoms with van der Waals surface area (Å²) in [5.41, 5.74) is 1.46. The minimum Gasteiger partial charge on any atom is -0.396 e. The van der Waals surface area contributed by atoms with Crippen molar-refractivity contribution in [3.05, 3.63) is 17.5 Å². The molecule has 18 heavy (non-hydrogen) atoms. The Bertz CT molecular complexity index is 412. The van der Waals surface area contributed by atoms with Gasteiger partial charge in [-0.3, -0.25) is 9.48 Å². The van der Waals surface area contributed by atoms with Crippen molar-refractivity contribution in [2.75, 3.05) is 6.61 Å². The van der Waals surface area contributed by atoms with Crippen LogP contribution in [0, 0.1) is 12.8 Å². The molecule has 2 unspecified atom stereocenters. The van der Waals surface area contributed by atoms with Gasteiger partial charge >= 0.3 is 0 Å². The maximum atomic E-state index is 12.1. The lowest BCUT2D eigenvalue weighted by Gasteiger charge is -2.19. The van der Waals surface area contributed by atoms with Crippen LogP contribution in [0.1, 0.15) is 49.8 Å². The molecule has 0 aliphatic heterocycles. The maximum Gasteiger partial charge on any atom is 0.254 e. The van der Waals surface area contributed by atoms with Gasteiger partial charge in [0.2, 0.25) is 0 Å². The normalized spacial score (nSPS) is 14.6. The van der Waals surface area contributed by atoms with Gasteiger partial charge in [-0.1, -0.05) is 6.92 Å². The van der Waals surface area contributed by atoms with E-state index >= 15 is 0 Å².